The van der Waals surface area contributed by atoms with Gasteiger partial charge in [-0.1, -0.05) is 35.7 Å². The number of nitrogens with one attached hydrogen (secondary N) is 1. The van der Waals surface area contributed by atoms with Gasteiger partial charge in [-0.15, -0.1) is 6.42 Å². The lowest BCUT2D eigenvalue weighted by Gasteiger charge is -2.07. The molecule has 1 atom stereocenters. The maximum Gasteiger partial charge on any atom is 0.221 e. The summed E-state index contributed by atoms with van der Waals surface area (Å²) in [5.41, 5.74) is 2.40. The number of amides is 1. The number of carbonyl (C=O) groups excluding carboxylic acids is 1. The van der Waals surface area contributed by atoms with Crippen LogP contribution >= 0.6 is 0 Å². The lowest BCUT2D eigenvalue weighted by Crippen LogP contribution is -2.31. The van der Waals surface area contributed by atoms with E-state index in [-0.39, 0.29) is 11.9 Å². The van der Waals surface area contributed by atoms with Crippen LogP contribution in [0.15, 0.2) is 24.3 Å². The molecule has 0 saturated carbocycles. The zero-order valence-corrected chi connectivity index (χ0v) is 9.79. The zero-order chi connectivity index (χ0) is 12.0. The summed E-state index contributed by atoms with van der Waals surface area (Å²) in [5, 5.41) is 2.74. The van der Waals surface area contributed by atoms with E-state index in [0.717, 1.165) is 6.42 Å². The van der Waals surface area contributed by atoms with E-state index < -0.39 is 0 Å². The van der Waals surface area contributed by atoms with Gasteiger partial charge in [-0.25, -0.2) is 0 Å². The third-order valence-corrected chi connectivity index (χ3v) is 2.35. The van der Waals surface area contributed by atoms with Crippen LogP contribution in [0.4, 0.5) is 0 Å². The van der Waals surface area contributed by atoms with Crippen molar-refractivity contribution in [2.45, 2.75) is 32.7 Å². The summed E-state index contributed by atoms with van der Waals surface area (Å²) in [6.07, 6.45) is 6.42. The fraction of sp³-hybridized carbons (Fsp3) is 0.357. The number of benzene rings is 1. The standard InChI is InChI=1S/C14H17NO/c1-4-12(3)15-14(16)9-8-13-7-5-6-11(2)10-13/h1,5-7,10,12H,8-9H2,2-3H3,(H,15,16). The second-order valence-corrected chi connectivity index (χ2v) is 3.94. The first-order valence-corrected chi connectivity index (χ1v) is 5.43. The van der Waals surface area contributed by atoms with E-state index in [0.29, 0.717) is 6.42 Å². The summed E-state index contributed by atoms with van der Waals surface area (Å²) in [6.45, 7) is 3.84. The van der Waals surface area contributed by atoms with E-state index in [1.807, 2.05) is 25.1 Å². The van der Waals surface area contributed by atoms with Crippen LogP contribution in [0.1, 0.15) is 24.5 Å². The minimum atomic E-state index is -0.190. The lowest BCUT2D eigenvalue weighted by atomic mass is 10.1. The van der Waals surface area contributed by atoms with Gasteiger partial charge in [0, 0.05) is 6.42 Å². The highest BCUT2D eigenvalue weighted by Crippen LogP contribution is 2.06. The lowest BCUT2D eigenvalue weighted by molar-refractivity contribution is -0.121. The number of carbonyl (C=O) groups is 1. The molecule has 1 rings (SSSR count). The van der Waals surface area contributed by atoms with Crippen LogP contribution in [0, 0.1) is 19.3 Å². The van der Waals surface area contributed by atoms with Gasteiger partial charge >= 0.3 is 0 Å². The molecule has 1 N–H and O–H groups in total. The van der Waals surface area contributed by atoms with Gasteiger partial charge in [0.25, 0.3) is 0 Å². The minimum absolute atomic E-state index is 0.00644. The van der Waals surface area contributed by atoms with Crippen LogP contribution in [0.3, 0.4) is 0 Å². The van der Waals surface area contributed by atoms with Crippen molar-refractivity contribution < 1.29 is 4.79 Å². The summed E-state index contributed by atoms with van der Waals surface area (Å²) in [7, 11) is 0. The van der Waals surface area contributed by atoms with Crippen LogP contribution in [0.2, 0.25) is 0 Å². The van der Waals surface area contributed by atoms with Crippen molar-refractivity contribution in [3.63, 3.8) is 0 Å². The smallest absolute Gasteiger partial charge is 0.221 e. The molecule has 1 amide bonds. The van der Waals surface area contributed by atoms with Gasteiger partial charge in [-0.3, -0.25) is 4.79 Å². The fourth-order valence-corrected chi connectivity index (χ4v) is 1.48. The van der Waals surface area contributed by atoms with E-state index in [9.17, 15) is 4.79 Å². The number of aryl methyl sites for hydroxylation is 2. The second kappa shape index (κ2) is 5.97. The molecule has 1 aromatic rings. The first-order valence-electron chi connectivity index (χ1n) is 5.43. The quantitative estimate of drug-likeness (QED) is 0.765. The molecule has 1 unspecified atom stereocenters. The average molecular weight is 215 g/mol. The maximum absolute atomic E-state index is 11.5. The van der Waals surface area contributed by atoms with Gasteiger partial charge in [-0.05, 0) is 25.8 Å². The van der Waals surface area contributed by atoms with Gasteiger partial charge in [0.15, 0.2) is 0 Å². The van der Waals surface area contributed by atoms with Crippen molar-refractivity contribution in [2.75, 3.05) is 0 Å². The maximum atomic E-state index is 11.5. The van der Waals surface area contributed by atoms with Crippen LogP contribution < -0.4 is 5.32 Å². The Morgan fingerprint density at radius 1 is 1.56 bits per heavy atom. The van der Waals surface area contributed by atoms with E-state index in [1.54, 1.807) is 6.92 Å². The molecule has 0 radical (unpaired) electrons. The predicted octanol–water partition coefficient (Wildman–Crippen LogP) is 2.07. The van der Waals surface area contributed by atoms with Crippen molar-refractivity contribution in [2.24, 2.45) is 0 Å². The molecule has 16 heavy (non-hydrogen) atoms. The highest BCUT2D eigenvalue weighted by molar-refractivity contribution is 5.76. The van der Waals surface area contributed by atoms with E-state index in [1.165, 1.54) is 11.1 Å². The molecule has 2 heteroatoms. The first-order chi connectivity index (χ1) is 7.61. The third-order valence-electron chi connectivity index (χ3n) is 2.35. The summed E-state index contributed by atoms with van der Waals surface area (Å²) < 4.78 is 0. The number of hydrogen-bond acceptors (Lipinski definition) is 1. The Morgan fingerprint density at radius 2 is 2.31 bits per heavy atom. The fourth-order valence-electron chi connectivity index (χ4n) is 1.48. The van der Waals surface area contributed by atoms with Gasteiger partial charge in [-0.2, -0.15) is 0 Å². The molecule has 0 bridgehead atoms. The van der Waals surface area contributed by atoms with E-state index in [4.69, 9.17) is 6.42 Å². The highest BCUT2D eigenvalue weighted by Gasteiger charge is 2.04. The molecule has 0 aliphatic carbocycles. The van der Waals surface area contributed by atoms with Crippen LogP contribution in [-0.2, 0) is 11.2 Å². The number of hydrogen-bond donors (Lipinski definition) is 1. The summed E-state index contributed by atoms with van der Waals surface area (Å²) in [4.78, 5) is 11.5. The Hall–Kier alpha value is -1.75. The summed E-state index contributed by atoms with van der Waals surface area (Å²) in [6, 6.07) is 7.99. The Labute approximate surface area is 97.1 Å². The largest absolute Gasteiger partial charge is 0.343 e. The van der Waals surface area contributed by atoms with E-state index >= 15 is 0 Å². The van der Waals surface area contributed by atoms with Crippen molar-refractivity contribution >= 4 is 5.91 Å². The molecule has 0 saturated heterocycles. The molecule has 0 fully saturated rings. The molecule has 0 spiro atoms. The number of rotatable bonds is 4. The van der Waals surface area contributed by atoms with Crippen LogP contribution in [0.25, 0.3) is 0 Å². The summed E-state index contributed by atoms with van der Waals surface area (Å²) >= 11 is 0. The first kappa shape index (κ1) is 12.3. The Morgan fingerprint density at radius 3 is 2.94 bits per heavy atom. The van der Waals surface area contributed by atoms with E-state index in [2.05, 4.69) is 17.3 Å². The van der Waals surface area contributed by atoms with Gasteiger partial charge < -0.3 is 5.32 Å². The SMILES string of the molecule is C#CC(C)NC(=O)CCc1cccc(C)c1. The third kappa shape index (κ3) is 4.18. The Kier molecular flexibility index (Phi) is 4.60. The van der Waals surface area contributed by atoms with Crippen LogP contribution in [-0.4, -0.2) is 11.9 Å². The van der Waals surface area contributed by atoms with Gasteiger partial charge in [0.2, 0.25) is 5.91 Å². The minimum Gasteiger partial charge on any atom is -0.343 e. The van der Waals surface area contributed by atoms with Gasteiger partial charge in [0.05, 0.1) is 6.04 Å². The average Bonchev–Trinajstić information content (AvgIpc) is 2.26. The number of terminal acetylenes is 1. The second-order valence-electron chi connectivity index (χ2n) is 3.94. The van der Waals surface area contributed by atoms with Crippen LogP contribution in [0.5, 0.6) is 0 Å². The molecule has 0 aliphatic heterocycles. The normalized spacial score (nSPS) is 11.6. The molecule has 0 aromatic heterocycles. The Balaban J connectivity index is 2.41. The molecular formula is C14H17NO. The Bertz CT molecular complexity index is 403. The monoisotopic (exact) mass is 215 g/mol. The topological polar surface area (TPSA) is 29.1 Å². The molecule has 0 aliphatic rings. The molecule has 84 valence electrons. The van der Waals surface area contributed by atoms with Crippen molar-refractivity contribution in [1.82, 2.24) is 5.32 Å². The predicted molar refractivity (Wildman–Crippen MR) is 65.9 cm³/mol. The zero-order valence-electron chi connectivity index (χ0n) is 9.79. The van der Waals surface area contributed by atoms with Gasteiger partial charge in [0.1, 0.15) is 0 Å². The molecule has 0 heterocycles. The summed E-state index contributed by atoms with van der Waals surface area (Å²) in [5.74, 6) is 2.48. The van der Waals surface area contributed by atoms with Crippen molar-refractivity contribution in [3.8, 4) is 12.3 Å². The van der Waals surface area contributed by atoms with Crippen molar-refractivity contribution in [1.29, 1.82) is 0 Å². The molecule has 2 nitrogen and oxygen atoms in total. The van der Waals surface area contributed by atoms with Crippen molar-refractivity contribution in [3.05, 3.63) is 35.4 Å². The molecular weight excluding hydrogens is 198 g/mol. The molecule has 1 aromatic carbocycles. The highest BCUT2D eigenvalue weighted by atomic mass is 16.1.